The smallest absolute Gasteiger partial charge is 0.311 e. The second-order valence-electron chi connectivity index (χ2n) is 4.03. The molecule has 0 spiro atoms. The molecule has 1 aromatic rings. The van der Waals surface area contributed by atoms with E-state index < -0.39 is 11.8 Å². The molecule has 1 fully saturated rings. The van der Waals surface area contributed by atoms with Crippen LogP contribution in [0.2, 0.25) is 5.02 Å². The quantitative estimate of drug-likeness (QED) is 0.763. The number of nitrogens with zero attached hydrogens (tertiary/aromatic N) is 1. The number of carbonyl (C=O) groups is 2. The van der Waals surface area contributed by atoms with Crippen molar-refractivity contribution in [3.63, 3.8) is 0 Å². The number of carbonyl (C=O) groups excluding carboxylic acids is 2. The molecule has 1 heterocycles. The molecular formula is C12H13ClN2O3. The van der Waals surface area contributed by atoms with Gasteiger partial charge in [-0.1, -0.05) is 23.7 Å². The Morgan fingerprint density at radius 1 is 1.33 bits per heavy atom. The molecular weight excluding hydrogens is 256 g/mol. The normalized spacial score (nSPS) is 19.6. The minimum absolute atomic E-state index is 0.251. The largest absolute Gasteiger partial charge is 0.370 e. The molecule has 18 heavy (non-hydrogen) atoms. The maximum absolute atomic E-state index is 11.5. The molecule has 0 unspecified atom stereocenters. The summed E-state index contributed by atoms with van der Waals surface area (Å²) in [5.74, 6) is -1.61. The molecule has 1 saturated heterocycles. The number of nitrogens with two attached hydrogens (primary N) is 1. The third-order valence-electron chi connectivity index (χ3n) is 2.81. The zero-order valence-corrected chi connectivity index (χ0v) is 10.4. The Morgan fingerprint density at radius 2 is 2.00 bits per heavy atom. The lowest BCUT2D eigenvalue weighted by atomic mass is 10.1. The third kappa shape index (κ3) is 2.80. The topological polar surface area (TPSA) is 72.6 Å². The summed E-state index contributed by atoms with van der Waals surface area (Å²) in [7, 11) is 0. The lowest BCUT2D eigenvalue weighted by molar-refractivity contribution is -0.149. The minimum Gasteiger partial charge on any atom is -0.370 e. The number of morpholine rings is 1. The van der Waals surface area contributed by atoms with E-state index in [2.05, 4.69) is 0 Å². The van der Waals surface area contributed by atoms with Crippen LogP contribution in [0, 0.1) is 0 Å². The van der Waals surface area contributed by atoms with Crippen LogP contribution in [0.25, 0.3) is 0 Å². The highest BCUT2D eigenvalue weighted by molar-refractivity contribution is 6.34. The monoisotopic (exact) mass is 268 g/mol. The van der Waals surface area contributed by atoms with Crippen LogP contribution in [-0.4, -0.2) is 36.4 Å². The zero-order valence-electron chi connectivity index (χ0n) is 9.64. The number of hydrogen-bond acceptors (Lipinski definition) is 3. The highest BCUT2D eigenvalue weighted by atomic mass is 35.5. The highest BCUT2D eigenvalue weighted by Gasteiger charge is 2.27. The van der Waals surface area contributed by atoms with Crippen molar-refractivity contribution in [2.24, 2.45) is 5.73 Å². The van der Waals surface area contributed by atoms with Gasteiger partial charge in [-0.2, -0.15) is 0 Å². The second kappa shape index (κ2) is 5.37. The van der Waals surface area contributed by atoms with Gasteiger partial charge in [0.2, 0.25) is 0 Å². The van der Waals surface area contributed by atoms with Crippen molar-refractivity contribution < 1.29 is 14.3 Å². The van der Waals surface area contributed by atoms with E-state index >= 15 is 0 Å². The molecule has 0 aromatic heterocycles. The van der Waals surface area contributed by atoms with Gasteiger partial charge in [-0.3, -0.25) is 9.59 Å². The van der Waals surface area contributed by atoms with E-state index in [9.17, 15) is 9.59 Å². The predicted octanol–water partition coefficient (Wildman–Crippen LogP) is 0.725. The van der Waals surface area contributed by atoms with Crippen LogP contribution >= 0.6 is 11.6 Å². The number of benzene rings is 1. The average molecular weight is 269 g/mol. The first-order chi connectivity index (χ1) is 8.58. The molecule has 0 radical (unpaired) electrons. The van der Waals surface area contributed by atoms with Gasteiger partial charge in [-0.05, 0) is 17.7 Å². The minimum atomic E-state index is -0.938. The Hall–Kier alpha value is -1.59. The van der Waals surface area contributed by atoms with Gasteiger partial charge in [0.05, 0.1) is 13.2 Å². The molecule has 0 aliphatic carbocycles. The summed E-state index contributed by atoms with van der Waals surface area (Å²) >= 11 is 5.80. The Bertz CT molecular complexity index is 461. The Labute approximate surface area is 109 Å². The van der Waals surface area contributed by atoms with E-state index in [-0.39, 0.29) is 6.10 Å². The lowest BCUT2D eigenvalue weighted by Crippen LogP contribution is -2.47. The van der Waals surface area contributed by atoms with Gasteiger partial charge in [0.15, 0.2) is 0 Å². The van der Waals surface area contributed by atoms with Crippen LogP contribution in [-0.2, 0) is 14.3 Å². The van der Waals surface area contributed by atoms with E-state index in [0.717, 1.165) is 5.56 Å². The van der Waals surface area contributed by atoms with Crippen molar-refractivity contribution >= 4 is 23.4 Å². The van der Waals surface area contributed by atoms with Crippen LogP contribution < -0.4 is 5.73 Å². The van der Waals surface area contributed by atoms with Crippen molar-refractivity contribution in [3.05, 3.63) is 34.9 Å². The summed E-state index contributed by atoms with van der Waals surface area (Å²) in [6.07, 6.45) is -0.251. The predicted molar refractivity (Wildman–Crippen MR) is 65.9 cm³/mol. The maximum Gasteiger partial charge on any atom is 0.311 e. The van der Waals surface area contributed by atoms with E-state index in [1.807, 2.05) is 12.1 Å². The van der Waals surface area contributed by atoms with E-state index in [1.165, 1.54) is 4.90 Å². The fourth-order valence-corrected chi connectivity index (χ4v) is 1.99. The number of hydrogen-bond donors (Lipinski definition) is 1. The number of primary amides is 1. The molecule has 0 bridgehead atoms. The van der Waals surface area contributed by atoms with Crippen LogP contribution in [0.1, 0.15) is 11.7 Å². The van der Waals surface area contributed by atoms with E-state index in [4.69, 9.17) is 22.1 Å². The first-order valence-electron chi connectivity index (χ1n) is 5.53. The Kier molecular flexibility index (Phi) is 3.84. The van der Waals surface area contributed by atoms with Gasteiger partial charge in [-0.25, -0.2) is 0 Å². The molecule has 0 saturated carbocycles. The van der Waals surface area contributed by atoms with Crippen LogP contribution in [0.4, 0.5) is 0 Å². The number of amides is 2. The number of halogens is 1. The van der Waals surface area contributed by atoms with Crippen molar-refractivity contribution in [3.8, 4) is 0 Å². The summed E-state index contributed by atoms with van der Waals surface area (Å²) < 4.78 is 5.57. The molecule has 5 nitrogen and oxygen atoms in total. The van der Waals surface area contributed by atoms with Gasteiger partial charge in [0, 0.05) is 11.6 Å². The molecule has 1 atom stereocenters. The van der Waals surface area contributed by atoms with Gasteiger partial charge in [0.1, 0.15) is 6.10 Å². The van der Waals surface area contributed by atoms with Crippen LogP contribution in [0.5, 0.6) is 0 Å². The van der Waals surface area contributed by atoms with Gasteiger partial charge in [0.25, 0.3) is 0 Å². The van der Waals surface area contributed by atoms with E-state index in [1.54, 1.807) is 12.1 Å². The SMILES string of the molecule is NC(=O)C(=O)N1CCO[C@@H](c2ccc(Cl)cc2)C1. The zero-order chi connectivity index (χ0) is 13.1. The lowest BCUT2D eigenvalue weighted by Gasteiger charge is -2.32. The summed E-state index contributed by atoms with van der Waals surface area (Å²) in [6, 6.07) is 7.20. The van der Waals surface area contributed by atoms with Crippen molar-refractivity contribution in [2.45, 2.75) is 6.10 Å². The summed E-state index contributed by atoms with van der Waals surface area (Å²) in [5, 5.41) is 0.639. The van der Waals surface area contributed by atoms with E-state index in [0.29, 0.717) is 24.7 Å². The second-order valence-corrected chi connectivity index (χ2v) is 4.46. The standard InChI is InChI=1S/C12H13ClN2O3/c13-9-3-1-8(2-4-9)10-7-15(5-6-18-10)12(17)11(14)16/h1-4,10H,5-7H2,(H2,14,16)/t10-/m1/s1. The van der Waals surface area contributed by atoms with Crippen molar-refractivity contribution in [1.29, 1.82) is 0 Å². The average Bonchev–Trinajstić information content (AvgIpc) is 2.38. The molecule has 2 rings (SSSR count). The fourth-order valence-electron chi connectivity index (χ4n) is 1.87. The number of ether oxygens (including phenoxy) is 1. The highest BCUT2D eigenvalue weighted by Crippen LogP contribution is 2.23. The van der Waals surface area contributed by atoms with Crippen LogP contribution in [0.3, 0.4) is 0 Å². The van der Waals surface area contributed by atoms with Crippen LogP contribution in [0.15, 0.2) is 24.3 Å². The Morgan fingerprint density at radius 3 is 2.61 bits per heavy atom. The van der Waals surface area contributed by atoms with Crippen molar-refractivity contribution in [2.75, 3.05) is 19.7 Å². The van der Waals surface area contributed by atoms with Gasteiger partial charge < -0.3 is 15.4 Å². The first-order valence-corrected chi connectivity index (χ1v) is 5.91. The molecule has 1 aromatic carbocycles. The summed E-state index contributed by atoms with van der Waals surface area (Å²) in [6.45, 7) is 1.08. The fraction of sp³-hybridized carbons (Fsp3) is 0.333. The Balaban J connectivity index is 2.09. The summed E-state index contributed by atoms with van der Waals surface area (Å²) in [5.41, 5.74) is 5.90. The van der Waals surface area contributed by atoms with Gasteiger partial charge in [-0.15, -0.1) is 0 Å². The molecule has 96 valence electrons. The number of rotatable bonds is 1. The molecule has 6 heteroatoms. The molecule has 1 aliphatic heterocycles. The third-order valence-corrected chi connectivity index (χ3v) is 3.06. The first kappa shape index (κ1) is 12.9. The van der Waals surface area contributed by atoms with Crippen molar-refractivity contribution in [1.82, 2.24) is 4.90 Å². The maximum atomic E-state index is 11.5. The van der Waals surface area contributed by atoms with Gasteiger partial charge >= 0.3 is 11.8 Å². The molecule has 1 aliphatic rings. The molecule has 2 amide bonds. The molecule has 2 N–H and O–H groups in total. The summed E-state index contributed by atoms with van der Waals surface area (Å²) in [4.78, 5) is 23.8.